The number of guanidine groups is 1. The van der Waals surface area contributed by atoms with Crippen LogP contribution in [0.4, 0.5) is 4.39 Å². The van der Waals surface area contributed by atoms with E-state index < -0.39 is 0 Å². The zero-order chi connectivity index (χ0) is 19.8. The Morgan fingerprint density at radius 1 is 1.25 bits per heavy atom. The second-order valence-electron chi connectivity index (χ2n) is 6.81. The summed E-state index contributed by atoms with van der Waals surface area (Å²) in [6.07, 6.45) is 3.78. The molecule has 0 radical (unpaired) electrons. The van der Waals surface area contributed by atoms with Gasteiger partial charge in [0.05, 0.1) is 32.0 Å². The fourth-order valence-corrected chi connectivity index (χ4v) is 3.29. The standard InChI is InChI=1S/C20H29FN6O/c1-3-22-20(23-12-16-13-25-26(2)15-16)24-14-19(27-8-10-28-11-9-27)17-4-6-18(21)7-5-17/h4-7,13,15,19H,3,8-12,14H2,1-2H3,(H2,22,23,24). The van der Waals surface area contributed by atoms with Crippen molar-refractivity contribution in [3.05, 3.63) is 53.6 Å². The number of aliphatic imine (C=N–C) groups is 1. The van der Waals surface area contributed by atoms with Gasteiger partial charge in [-0.15, -0.1) is 0 Å². The smallest absolute Gasteiger partial charge is 0.191 e. The molecule has 0 spiro atoms. The molecule has 2 N–H and O–H groups in total. The number of aryl methyl sites for hydroxylation is 1. The number of nitrogens with one attached hydrogen (secondary N) is 2. The van der Waals surface area contributed by atoms with Gasteiger partial charge in [-0.25, -0.2) is 9.38 Å². The van der Waals surface area contributed by atoms with Crippen molar-refractivity contribution in [1.82, 2.24) is 25.3 Å². The van der Waals surface area contributed by atoms with E-state index in [1.165, 1.54) is 12.1 Å². The number of aromatic nitrogens is 2. The van der Waals surface area contributed by atoms with Crippen molar-refractivity contribution in [3.8, 4) is 0 Å². The molecule has 1 fully saturated rings. The van der Waals surface area contributed by atoms with Crippen molar-refractivity contribution in [2.45, 2.75) is 19.5 Å². The van der Waals surface area contributed by atoms with Gasteiger partial charge in [-0.1, -0.05) is 12.1 Å². The number of halogens is 1. The molecule has 1 saturated heterocycles. The number of hydrogen-bond donors (Lipinski definition) is 2. The maximum atomic E-state index is 13.4. The minimum Gasteiger partial charge on any atom is -0.379 e. The maximum Gasteiger partial charge on any atom is 0.191 e. The lowest BCUT2D eigenvalue weighted by molar-refractivity contribution is 0.0170. The van der Waals surface area contributed by atoms with E-state index in [-0.39, 0.29) is 11.9 Å². The van der Waals surface area contributed by atoms with E-state index >= 15 is 0 Å². The Labute approximate surface area is 165 Å². The Morgan fingerprint density at radius 3 is 2.64 bits per heavy atom. The van der Waals surface area contributed by atoms with E-state index in [1.807, 2.05) is 38.5 Å². The van der Waals surface area contributed by atoms with Crippen LogP contribution in [-0.4, -0.2) is 60.0 Å². The highest BCUT2D eigenvalue weighted by molar-refractivity contribution is 5.79. The molecule has 1 aliphatic rings. The van der Waals surface area contributed by atoms with Crippen LogP contribution in [0.5, 0.6) is 0 Å². The van der Waals surface area contributed by atoms with Crippen LogP contribution < -0.4 is 10.6 Å². The summed E-state index contributed by atoms with van der Waals surface area (Å²) in [4.78, 5) is 7.03. The molecule has 1 atom stereocenters. The molecule has 8 heteroatoms. The van der Waals surface area contributed by atoms with Gasteiger partial charge < -0.3 is 15.4 Å². The minimum absolute atomic E-state index is 0.117. The van der Waals surface area contributed by atoms with Gasteiger partial charge in [0.15, 0.2) is 5.96 Å². The molecule has 2 heterocycles. The first kappa shape index (κ1) is 20.3. The molecule has 0 aliphatic carbocycles. The molecule has 7 nitrogen and oxygen atoms in total. The zero-order valence-electron chi connectivity index (χ0n) is 16.6. The fraction of sp³-hybridized carbons (Fsp3) is 0.500. The highest BCUT2D eigenvalue weighted by Crippen LogP contribution is 2.21. The minimum atomic E-state index is -0.219. The number of rotatable bonds is 7. The van der Waals surface area contributed by atoms with Gasteiger partial charge in [0.25, 0.3) is 0 Å². The number of ether oxygens (including phenoxy) is 1. The van der Waals surface area contributed by atoms with Gasteiger partial charge >= 0.3 is 0 Å². The Kier molecular flexibility index (Phi) is 7.39. The summed E-state index contributed by atoms with van der Waals surface area (Å²) in [6.45, 7) is 7.19. The molecule has 3 rings (SSSR count). The molecular formula is C20H29FN6O. The first-order valence-corrected chi connectivity index (χ1v) is 9.72. The van der Waals surface area contributed by atoms with Crippen LogP contribution in [0.15, 0.2) is 41.7 Å². The number of morpholine rings is 1. The van der Waals surface area contributed by atoms with E-state index in [0.29, 0.717) is 26.3 Å². The predicted molar refractivity (Wildman–Crippen MR) is 108 cm³/mol. The monoisotopic (exact) mass is 388 g/mol. The molecular weight excluding hydrogens is 359 g/mol. The van der Waals surface area contributed by atoms with Crippen LogP contribution >= 0.6 is 0 Å². The van der Waals surface area contributed by atoms with Crippen LogP contribution in [0.25, 0.3) is 0 Å². The summed E-state index contributed by atoms with van der Waals surface area (Å²) in [6, 6.07) is 6.87. The van der Waals surface area contributed by atoms with Crippen LogP contribution in [-0.2, 0) is 18.3 Å². The van der Waals surface area contributed by atoms with Crippen LogP contribution in [0.1, 0.15) is 24.1 Å². The molecule has 1 aliphatic heterocycles. The number of hydrogen-bond acceptors (Lipinski definition) is 4. The largest absolute Gasteiger partial charge is 0.379 e. The number of benzene rings is 1. The Bertz CT molecular complexity index is 754. The van der Waals surface area contributed by atoms with Crippen molar-refractivity contribution >= 4 is 5.96 Å². The van der Waals surface area contributed by atoms with Crippen molar-refractivity contribution in [3.63, 3.8) is 0 Å². The normalized spacial score (nSPS) is 16.8. The highest BCUT2D eigenvalue weighted by Gasteiger charge is 2.23. The van der Waals surface area contributed by atoms with E-state index in [9.17, 15) is 4.39 Å². The second-order valence-corrected chi connectivity index (χ2v) is 6.81. The zero-order valence-corrected chi connectivity index (χ0v) is 16.6. The third-order valence-electron chi connectivity index (χ3n) is 4.73. The van der Waals surface area contributed by atoms with Gasteiger partial charge in [-0.05, 0) is 24.6 Å². The van der Waals surface area contributed by atoms with Crippen LogP contribution in [0.3, 0.4) is 0 Å². The van der Waals surface area contributed by atoms with Gasteiger partial charge in [0, 0.05) is 45.0 Å². The molecule has 152 valence electrons. The second kappa shape index (κ2) is 10.2. The van der Waals surface area contributed by atoms with Gasteiger partial charge in [-0.2, -0.15) is 5.10 Å². The third-order valence-corrected chi connectivity index (χ3v) is 4.73. The summed E-state index contributed by atoms with van der Waals surface area (Å²) >= 11 is 0. The summed E-state index contributed by atoms with van der Waals surface area (Å²) in [5.41, 5.74) is 2.14. The van der Waals surface area contributed by atoms with Crippen molar-refractivity contribution < 1.29 is 9.13 Å². The van der Waals surface area contributed by atoms with Gasteiger partial charge in [0.1, 0.15) is 5.82 Å². The lowest BCUT2D eigenvalue weighted by atomic mass is 10.0. The van der Waals surface area contributed by atoms with E-state index in [2.05, 4.69) is 25.6 Å². The van der Waals surface area contributed by atoms with E-state index in [0.717, 1.165) is 36.7 Å². The Morgan fingerprint density at radius 2 is 2.00 bits per heavy atom. The predicted octanol–water partition coefficient (Wildman–Crippen LogP) is 1.69. The summed E-state index contributed by atoms with van der Waals surface area (Å²) in [5.74, 6) is 0.538. The molecule has 0 amide bonds. The molecule has 1 aromatic carbocycles. The van der Waals surface area contributed by atoms with Crippen molar-refractivity contribution in [2.75, 3.05) is 39.4 Å². The third kappa shape index (κ3) is 5.77. The Balaban J connectivity index is 1.69. The Hall–Kier alpha value is -2.45. The van der Waals surface area contributed by atoms with Crippen molar-refractivity contribution in [2.24, 2.45) is 12.0 Å². The van der Waals surface area contributed by atoms with E-state index in [4.69, 9.17) is 4.74 Å². The summed E-state index contributed by atoms with van der Waals surface area (Å²) in [5, 5.41) is 10.9. The summed E-state index contributed by atoms with van der Waals surface area (Å²) in [7, 11) is 1.90. The molecule has 1 aromatic heterocycles. The molecule has 28 heavy (non-hydrogen) atoms. The fourth-order valence-electron chi connectivity index (χ4n) is 3.29. The lowest BCUT2D eigenvalue weighted by Gasteiger charge is -2.35. The van der Waals surface area contributed by atoms with Crippen LogP contribution in [0.2, 0.25) is 0 Å². The van der Waals surface area contributed by atoms with Crippen LogP contribution in [0, 0.1) is 5.82 Å². The average Bonchev–Trinajstić information content (AvgIpc) is 3.13. The molecule has 2 aromatic rings. The average molecular weight is 388 g/mol. The first-order chi connectivity index (χ1) is 13.7. The molecule has 1 unspecified atom stereocenters. The van der Waals surface area contributed by atoms with Crippen molar-refractivity contribution in [1.29, 1.82) is 0 Å². The summed E-state index contributed by atoms with van der Waals surface area (Å²) < 4.78 is 20.6. The van der Waals surface area contributed by atoms with E-state index in [1.54, 1.807) is 4.68 Å². The molecule has 0 bridgehead atoms. The first-order valence-electron chi connectivity index (χ1n) is 9.72. The topological polar surface area (TPSA) is 66.7 Å². The van der Waals surface area contributed by atoms with Gasteiger partial charge in [-0.3, -0.25) is 9.58 Å². The quantitative estimate of drug-likeness (QED) is 0.558. The van der Waals surface area contributed by atoms with Gasteiger partial charge in [0.2, 0.25) is 0 Å². The number of nitrogens with zero attached hydrogens (tertiary/aromatic N) is 4. The highest BCUT2D eigenvalue weighted by atomic mass is 19.1. The SMILES string of the molecule is CCNC(=NCc1cnn(C)c1)NCC(c1ccc(F)cc1)N1CCOCC1. The lowest BCUT2D eigenvalue weighted by Crippen LogP contribution is -2.46. The maximum absolute atomic E-state index is 13.4. The molecule has 0 saturated carbocycles.